The lowest BCUT2D eigenvalue weighted by Gasteiger charge is -2.27. The van der Waals surface area contributed by atoms with Crippen molar-refractivity contribution < 1.29 is 9.18 Å². The summed E-state index contributed by atoms with van der Waals surface area (Å²) in [5.41, 5.74) is -0.910. The SMILES string of the molecule is CC(C)[C@@](C)(C#N)NC(=O)CSc1nc2ccccc2c(=O)n1-c1ccccc1F. The van der Waals surface area contributed by atoms with Gasteiger partial charge in [0.2, 0.25) is 5.91 Å². The van der Waals surface area contributed by atoms with Crippen LogP contribution in [0.1, 0.15) is 20.8 Å². The third-order valence-electron chi connectivity index (χ3n) is 4.96. The van der Waals surface area contributed by atoms with E-state index in [1.165, 1.54) is 22.8 Å². The Labute approximate surface area is 177 Å². The third-order valence-corrected chi connectivity index (χ3v) is 5.90. The molecule has 0 bridgehead atoms. The van der Waals surface area contributed by atoms with E-state index in [1.54, 1.807) is 37.3 Å². The molecule has 1 atom stereocenters. The maximum atomic E-state index is 14.5. The summed E-state index contributed by atoms with van der Waals surface area (Å²) in [6.07, 6.45) is 0. The van der Waals surface area contributed by atoms with Crippen molar-refractivity contribution in [3.05, 3.63) is 64.7 Å². The minimum Gasteiger partial charge on any atom is -0.337 e. The highest BCUT2D eigenvalue weighted by molar-refractivity contribution is 7.99. The van der Waals surface area contributed by atoms with E-state index >= 15 is 0 Å². The van der Waals surface area contributed by atoms with Gasteiger partial charge in [0.05, 0.1) is 28.4 Å². The second-order valence-electron chi connectivity index (χ2n) is 7.31. The van der Waals surface area contributed by atoms with E-state index < -0.39 is 16.9 Å². The second kappa shape index (κ2) is 8.67. The number of thioether (sulfide) groups is 1. The van der Waals surface area contributed by atoms with Crippen molar-refractivity contribution in [3.8, 4) is 11.8 Å². The van der Waals surface area contributed by atoms with Crippen LogP contribution in [0.5, 0.6) is 0 Å². The number of benzene rings is 2. The van der Waals surface area contributed by atoms with Crippen LogP contribution in [0.25, 0.3) is 16.6 Å². The summed E-state index contributed by atoms with van der Waals surface area (Å²) >= 11 is 1.01. The predicted molar refractivity (Wildman–Crippen MR) is 115 cm³/mol. The predicted octanol–water partition coefficient (Wildman–Crippen LogP) is 3.67. The number of hydrogen-bond donors (Lipinski definition) is 1. The molecule has 0 aliphatic heterocycles. The van der Waals surface area contributed by atoms with Crippen LogP contribution in [0.3, 0.4) is 0 Å². The summed E-state index contributed by atoms with van der Waals surface area (Å²) in [6.45, 7) is 5.35. The van der Waals surface area contributed by atoms with Crippen LogP contribution in [0.15, 0.2) is 58.5 Å². The first-order chi connectivity index (χ1) is 14.3. The Kier molecular flexibility index (Phi) is 6.22. The summed E-state index contributed by atoms with van der Waals surface area (Å²) < 4.78 is 15.7. The van der Waals surface area contributed by atoms with Gasteiger partial charge < -0.3 is 5.32 Å². The highest BCUT2D eigenvalue weighted by Gasteiger charge is 2.30. The van der Waals surface area contributed by atoms with Crippen LogP contribution in [0.2, 0.25) is 0 Å². The first-order valence-corrected chi connectivity index (χ1v) is 10.4. The average molecular weight is 425 g/mol. The number of para-hydroxylation sites is 2. The first kappa shape index (κ1) is 21.5. The van der Waals surface area contributed by atoms with Gasteiger partial charge >= 0.3 is 0 Å². The molecular weight excluding hydrogens is 403 g/mol. The fraction of sp³-hybridized carbons (Fsp3) is 0.273. The van der Waals surface area contributed by atoms with Crippen LogP contribution in [-0.4, -0.2) is 26.8 Å². The summed E-state index contributed by atoms with van der Waals surface area (Å²) in [6, 6.07) is 14.8. The molecule has 6 nitrogen and oxygen atoms in total. The Morgan fingerprint density at radius 1 is 1.27 bits per heavy atom. The van der Waals surface area contributed by atoms with Gasteiger partial charge in [-0.3, -0.25) is 14.2 Å². The zero-order valence-electron chi connectivity index (χ0n) is 16.8. The monoisotopic (exact) mass is 424 g/mol. The van der Waals surface area contributed by atoms with Crippen molar-refractivity contribution in [3.63, 3.8) is 0 Å². The highest BCUT2D eigenvalue weighted by atomic mass is 32.2. The number of nitrogens with one attached hydrogen (secondary N) is 1. The Bertz CT molecular complexity index is 1200. The third kappa shape index (κ3) is 4.21. The highest BCUT2D eigenvalue weighted by Crippen LogP contribution is 2.23. The van der Waals surface area contributed by atoms with Gasteiger partial charge in [0.1, 0.15) is 11.4 Å². The van der Waals surface area contributed by atoms with E-state index in [2.05, 4.69) is 16.4 Å². The largest absolute Gasteiger partial charge is 0.337 e. The summed E-state index contributed by atoms with van der Waals surface area (Å²) in [5.74, 6) is -1.12. The van der Waals surface area contributed by atoms with Crippen LogP contribution in [0, 0.1) is 23.1 Å². The van der Waals surface area contributed by atoms with E-state index in [0.29, 0.717) is 10.9 Å². The summed E-state index contributed by atoms with van der Waals surface area (Å²) in [5, 5.41) is 12.7. The van der Waals surface area contributed by atoms with Crippen LogP contribution >= 0.6 is 11.8 Å². The number of fused-ring (bicyclic) bond motifs is 1. The van der Waals surface area contributed by atoms with E-state index in [0.717, 1.165) is 11.8 Å². The summed E-state index contributed by atoms with van der Waals surface area (Å²) in [7, 11) is 0. The molecule has 0 aliphatic rings. The molecule has 0 fully saturated rings. The van der Waals surface area contributed by atoms with E-state index in [1.807, 2.05) is 13.8 Å². The molecular formula is C22H21FN4O2S. The number of amides is 1. The molecule has 3 aromatic rings. The van der Waals surface area contributed by atoms with Gasteiger partial charge in [-0.05, 0) is 37.1 Å². The number of halogens is 1. The van der Waals surface area contributed by atoms with E-state index in [9.17, 15) is 19.2 Å². The molecule has 0 aliphatic carbocycles. The molecule has 1 heterocycles. The Balaban J connectivity index is 2.00. The van der Waals surface area contributed by atoms with Gasteiger partial charge in [-0.2, -0.15) is 5.26 Å². The number of rotatable bonds is 6. The molecule has 3 rings (SSSR count). The topological polar surface area (TPSA) is 87.8 Å². The van der Waals surface area contributed by atoms with Crippen molar-refractivity contribution in [1.82, 2.24) is 14.9 Å². The number of carbonyl (C=O) groups is 1. The minimum atomic E-state index is -1.01. The quantitative estimate of drug-likeness (QED) is 0.482. The van der Waals surface area contributed by atoms with Crippen molar-refractivity contribution >= 4 is 28.6 Å². The average Bonchev–Trinajstić information content (AvgIpc) is 2.73. The molecule has 0 unspecified atom stereocenters. The molecule has 8 heteroatoms. The fourth-order valence-electron chi connectivity index (χ4n) is 2.81. The second-order valence-corrected chi connectivity index (χ2v) is 8.25. The smallest absolute Gasteiger partial charge is 0.266 e. The van der Waals surface area contributed by atoms with Gasteiger partial charge in [-0.25, -0.2) is 9.37 Å². The molecule has 1 amide bonds. The number of aromatic nitrogens is 2. The Hall–Kier alpha value is -3.18. The maximum Gasteiger partial charge on any atom is 0.266 e. The molecule has 30 heavy (non-hydrogen) atoms. The lowest BCUT2D eigenvalue weighted by Crippen LogP contribution is -2.49. The number of hydrogen-bond acceptors (Lipinski definition) is 5. The van der Waals surface area contributed by atoms with Crippen LogP contribution in [-0.2, 0) is 4.79 Å². The molecule has 1 N–H and O–H groups in total. The van der Waals surface area contributed by atoms with Crippen LogP contribution < -0.4 is 10.9 Å². The zero-order chi connectivity index (χ0) is 21.9. The van der Waals surface area contributed by atoms with Crippen molar-refractivity contribution in [2.24, 2.45) is 5.92 Å². The normalized spacial score (nSPS) is 13.1. The lowest BCUT2D eigenvalue weighted by molar-refractivity contribution is -0.120. The molecule has 0 radical (unpaired) electrons. The first-order valence-electron chi connectivity index (χ1n) is 9.38. The molecule has 154 valence electrons. The van der Waals surface area contributed by atoms with Gasteiger partial charge in [0.25, 0.3) is 5.56 Å². The Morgan fingerprint density at radius 3 is 2.60 bits per heavy atom. The number of nitriles is 1. The van der Waals surface area contributed by atoms with Crippen molar-refractivity contribution in [2.45, 2.75) is 31.5 Å². The van der Waals surface area contributed by atoms with Gasteiger partial charge in [0.15, 0.2) is 5.16 Å². The van der Waals surface area contributed by atoms with E-state index in [-0.39, 0.29) is 28.4 Å². The number of carbonyl (C=O) groups excluding carboxylic acids is 1. The molecule has 0 saturated heterocycles. The van der Waals surface area contributed by atoms with E-state index in [4.69, 9.17) is 0 Å². The standard InChI is InChI=1S/C22H21FN4O2S/c1-14(2)22(3,13-24)26-19(28)12-30-21-25-17-10-6-4-8-15(17)20(29)27(21)18-11-7-5-9-16(18)23/h4-11,14H,12H2,1-3H3,(H,26,28)/t22-/m1/s1. The molecule has 2 aromatic carbocycles. The van der Waals surface area contributed by atoms with Crippen molar-refractivity contribution in [2.75, 3.05) is 5.75 Å². The molecule has 0 spiro atoms. The maximum absolute atomic E-state index is 14.5. The van der Waals surface area contributed by atoms with Gasteiger partial charge in [0, 0.05) is 0 Å². The lowest BCUT2D eigenvalue weighted by atomic mass is 9.90. The number of nitrogens with zero attached hydrogens (tertiary/aromatic N) is 3. The minimum absolute atomic E-state index is 0.0627. The molecule has 1 aromatic heterocycles. The van der Waals surface area contributed by atoms with Crippen molar-refractivity contribution in [1.29, 1.82) is 5.26 Å². The Morgan fingerprint density at radius 2 is 1.93 bits per heavy atom. The molecule has 0 saturated carbocycles. The van der Waals surface area contributed by atoms with Gasteiger partial charge in [-0.1, -0.05) is 49.9 Å². The zero-order valence-corrected chi connectivity index (χ0v) is 17.7. The summed E-state index contributed by atoms with van der Waals surface area (Å²) in [4.78, 5) is 30.1. The fourth-order valence-corrected chi connectivity index (χ4v) is 3.62. The van der Waals surface area contributed by atoms with Crippen LogP contribution in [0.4, 0.5) is 4.39 Å². The van der Waals surface area contributed by atoms with Gasteiger partial charge in [-0.15, -0.1) is 0 Å².